The van der Waals surface area contributed by atoms with Crippen LogP contribution in [-0.2, 0) is 4.74 Å². The molecule has 0 saturated carbocycles. The van der Waals surface area contributed by atoms with Gasteiger partial charge in [0.05, 0.1) is 17.9 Å². The summed E-state index contributed by atoms with van der Waals surface area (Å²) in [6, 6.07) is 0.476. The monoisotopic (exact) mass is 238 g/mol. The summed E-state index contributed by atoms with van der Waals surface area (Å²) in [5, 5.41) is 4.31. The van der Waals surface area contributed by atoms with Crippen molar-refractivity contribution in [3.63, 3.8) is 0 Å². The Morgan fingerprint density at radius 1 is 1.59 bits per heavy atom. The number of methoxy groups -OCH3 is 1. The van der Waals surface area contributed by atoms with Gasteiger partial charge in [0, 0.05) is 33.0 Å². The van der Waals surface area contributed by atoms with Crippen LogP contribution in [0.1, 0.15) is 25.3 Å². The van der Waals surface area contributed by atoms with Crippen LogP contribution in [0.2, 0.25) is 0 Å². The highest BCUT2D eigenvalue weighted by Crippen LogP contribution is 2.21. The fourth-order valence-corrected chi connectivity index (χ4v) is 2.44. The van der Waals surface area contributed by atoms with Gasteiger partial charge in [-0.25, -0.2) is 0 Å². The Kier molecular flexibility index (Phi) is 4.39. The Hall–Kier alpha value is -1.07. The number of ether oxygens (including phenoxy) is 1. The molecule has 0 amide bonds. The van der Waals surface area contributed by atoms with E-state index in [2.05, 4.69) is 10.00 Å². The van der Waals surface area contributed by atoms with Crippen LogP contribution in [0.25, 0.3) is 0 Å². The van der Waals surface area contributed by atoms with Crippen molar-refractivity contribution in [2.45, 2.75) is 25.3 Å². The Morgan fingerprint density at radius 2 is 2.47 bits per heavy atom. The average Bonchev–Trinajstić information content (AvgIpc) is 2.77. The van der Waals surface area contributed by atoms with Crippen molar-refractivity contribution < 1.29 is 4.74 Å². The molecular weight excluding hydrogens is 216 g/mol. The number of nitrogens with zero attached hydrogens (tertiary/aromatic N) is 3. The van der Waals surface area contributed by atoms with Gasteiger partial charge in [-0.15, -0.1) is 0 Å². The van der Waals surface area contributed by atoms with Crippen molar-refractivity contribution in [2.75, 3.05) is 39.1 Å². The SMILES string of the molecule is COCCCN1CCCC(n2cc(N)cn2)C1. The van der Waals surface area contributed by atoms with Crippen molar-refractivity contribution in [3.8, 4) is 0 Å². The van der Waals surface area contributed by atoms with E-state index < -0.39 is 0 Å². The molecule has 0 aliphatic carbocycles. The van der Waals surface area contributed by atoms with Gasteiger partial charge in [-0.3, -0.25) is 4.68 Å². The van der Waals surface area contributed by atoms with Gasteiger partial charge >= 0.3 is 0 Å². The summed E-state index contributed by atoms with van der Waals surface area (Å²) >= 11 is 0. The second-order valence-corrected chi connectivity index (χ2v) is 4.70. The third-order valence-corrected chi connectivity index (χ3v) is 3.30. The molecule has 5 nitrogen and oxygen atoms in total. The second-order valence-electron chi connectivity index (χ2n) is 4.70. The van der Waals surface area contributed by atoms with Gasteiger partial charge < -0.3 is 15.4 Å². The summed E-state index contributed by atoms with van der Waals surface area (Å²) in [4.78, 5) is 2.49. The second kappa shape index (κ2) is 6.02. The van der Waals surface area contributed by atoms with Gasteiger partial charge in [0.2, 0.25) is 0 Å². The maximum Gasteiger partial charge on any atom is 0.0719 e. The van der Waals surface area contributed by atoms with Crippen LogP contribution in [0.5, 0.6) is 0 Å². The predicted octanol–water partition coefficient (Wildman–Crippen LogP) is 1.14. The molecule has 1 atom stereocenters. The number of piperidine rings is 1. The van der Waals surface area contributed by atoms with Crippen LogP contribution in [0.4, 0.5) is 5.69 Å². The third-order valence-electron chi connectivity index (χ3n) is 3.30. The van der Waals surface area contributed by atoms with Crippen LogP contribution in [0.15, 0.2) is 12.4 Å². The molecule has 17 heavy (non-hydrogen) atoms. The molecule has 1 aliphatic rings. The molecule has 1 saturated heterocycles. The lowest BCUT2D eigenvalue weighted by molar-refractivity contribution is 0.139. The summed E-state index contributed by atoms with van der Waals surface area (Å²) in [5.41, 5.74) is 6.46. The van der Waals surface area contributed by atoms with E-state index >= 15 is 0 Å². The topological polar surface area (TPSA) is 56.3 Å². The first kappa shape index (κ1) is 12.4. The van der Waals surface area contributed by atoms with Crippen LogP contribution < -0.4 is 5.73 Å². The number of hydrogen-bond donors (Lipinski definition) is 1. The number of aromatic nitrogens is 2. The molecule has 0 bridgehead atoms. The normalized spacial score (nSPS) is 21.8. The third kappa shape index (κ3) is 3.44. The number of nitrogens with two attached hydrogens (primary N) is 1. The van der Waals surface area contributed by atoms with E-state index in [4.69, 9.17) is 10.5 Å². The predicted molar refractivity (Wildman–Crippen MR) is 67.8 cm³/mol. The van der Waals surface area contributed by atoms with E-state index in [9.17, 15) is 0 Å². The maximum absolute atomic E-state index is 5.70. The minimum atomic E-state index is 0.476. The lowest BCUT2D eigenvalue weighted by atomic mass is 10.1. The zero-order valence-electron chi connectivity index (χ0n) is 10.5. The molecule has 1 fully saturated rings. The first-order valence-corrected chi connectivity index (χ1v) is 6.30. The summed E-state index contributed by atoms with van der Waals surface area (Å²) < 4.78 is 7.10. The molecule has 1 aromatic rings. The largest absolute Gasteiger partial charge is 0.396 e. The van der Waals surface area contributed by atoms with E-state index in [1.54, 1.807) is 13.3 Å². The highest BCUT2D eigenvalue weighted by Gasteiger charge is 2.21. The smallest absolute Gasteiger partial charge is 0.0719 e. The lowest BCUT2D eigenvalue weighted by Crippen LogP contribution is -2.37. The van der Waals surface area contributed by atoms with Gasteiger partial charge in [-0.2, -0.15) is 5.10 Å². The summed E-state index contributed by atoms with van der Waals surface area (Å²) in [5.74, 6) is 0. The molecule has 1 unspecified atom stereocenters. The Balaban J connectivity index is 1.84. The molecule has 5 heteroatoms. The lowest BCUT2D eigenvalue weighted by Gasteiger charge is -2.32. The molecule has 2 heterocycles. The first-order chi connectivity index (χ1) is 8.29. The first-order valence-electron chi connectivity index (χ1n) is 6.30. The molecule has 2 rings (SSSR count). The van der Waals surface area contributed by atoms with Gasteiger partial charge in [0.25, 0.3) is 0 Å². The van der Waals surface area contributed by atoms with Crippen molar-refractivity contribution in [1.82, 2.24) is 14.7 Å². The van der Waals surface area contributed by atoms with Crippen LogP contribution in [-0.4, -0.2) is 48.0 Å². The number of likely N-dealkylation sites (tertiary alicyclic amines) is 1. The fraction of sp³-hybridized carbons (Fsp3) is 0.750. The number of anilines is 1. The Labute approximate surface area is 103 Å². The Morgan fingerprint density at radius 3 is 3.18 bits per heavy atom. The molecule has 2 N–H and O–H groups in total. The maximum atomic E-state index is 5.70. The molecule has 0 aromatic carbocycles. The van der Waals surface area contributed by atoms with Gasteiger partial charge in [-0.05, 0) is 25.8 Å². The van der Waals surface area contributed by atoms with Crippen LogP contribution in [0.3, 0.4) is 0 Å². The molecular formula is C12H22N4O. The number of hydrogen-bond acceptors (Lipinski definition) is 4. The van der Waals surface area contributed by atoms with Gasteiger partial charge in [0.1, 0.15) is 0 Å². The highest BCUT2D eigenvalue weighted by atomic mass is 16.5. The van der Waals surface area contributed by atoms with E-state index in [1.807, 2.05) is 10.9 Å². The highest BCUT2D eigenvalue weighted by molar-refractivity contribution is 5.30. The zero-order valence-corrected chi connectivity index (χ0v) is 10.5. The molecule has 0 spiro atoms. The molecule has 0 radical (unpaired) electrons. The summed E-state index contributed by atoms with van der Waals surface area (Å²) in [6.45, 7) is 4.22. The minimum absolute atomic E-state index is 0.476. The standard InChI is InChI=1S/C12H22N4O/c1-17-7-3-6-15-5-2-4-12(10-15)16-9-11(13)8-14-16/h8-9,12H,2-7,10,13H2,1H3. The van der Waals surface area contributed by atoms with Gasteiger partial charge in [-0.1, -0.05) is 0 Å². The molecule has 1 aliphatic heterocycles. The van der Waals surface area contributed by atoms with Crippen molar-refractivity contribution >= 4 is 5.69 Å². The number of nitrogen functional groups attached to an aromatic ring is 1. The minimum Gasteiger partial charge on any atom is -0.396 e. The number of rotatable bonds is 5. The fourth-order valence-electron chi connectivity index (χ4n) is 2.44. The summed E-state index contributed by atoms with van der Waals surface area (Å²) in [6.07, 6.45) is 7.19. The van der Waals surface area contributed by atoms with E-state index in [1.165, 1.54) is 19.4 Å². The van der Waals surface area contributed by atoms with E-state index in [0.29, 0.717) is 6.04 Å². The van der Waals surface area contributed by atoms with Crippen molar-refractivity contribution in [2.24, 2.45) is 0 Å². The quantitative estimate of drug-likeness (QED) is 0.782. The molecule has 96 valence electrons. The van der Waals surface area contributed by atoms with Gasteiger partial charge in [0.15, 0.2) is 0 Å². The Bertz CT molecular complexity index is 339. The zero-order chi connectivity index (χ0) is 12.1. The van der Waals surface area contributed by atoms with Crippen LogP contribution in [0, 0.1) is 0 Å². The van der Waals surface area contributed by atoms with E-state index in [0.717, 1.165) is 31.8 Å². The van der Waals surface area contributed by atoms with Crippen LogP contribution >= 0.6 is 0 Å². The molecule has 1 aromatic heterocycles. The van der Waals surface area contributed by atoms with Crippen molar-refractivity contribution in [1.29, 1.82) is 0 Å². The van der Waals surface area contributed by atoms with E-state index in [-0.39, 0.29) is 0 Å². The van der Waals surface area contributed by atoms with Crippen molar-refractivity contribution in [3.05, 3.63) is 12.4 Å². The average molecular weight is 238 g/mol. The summed E-state index contributed by atoms with van der Waals surface area (Å²) in [7, 11) is 1.76.